The lowest BCUT2D eigenvalue weighted by molar-refractivity contribution is -0.287. The van der Waals surface area contributed by atoms with Gasteiger partial charge in [0.05, 0.1) is 39.8 Å². The molecule has 4 rings (SSSR count). The van der Waals surface area contributed by atoms with Crippen LogP contribution >= 0.6 is 0 Å². The molecule has 0 saturated heterocycles. The number of alkyl halides is 5. The van der Waals surface area contributed by atoms with Crippen molar-refractivity contribution < 1.29 is 30.4 Å². The summed E-state index contributed by atoms with van der Waals surface area (Å²) in [7, 11) is -3.70. The first-order chi connectivity index (χ1) is 14.9. The molecular formula is C20H15F5N4O2S. The molecule has 4 aromatic rings. The van der Waals surface area contributed by atoms with E-state index in [1.54, 1.807) is 24.3 Å². The molecule has 0 radical (unpaired) electrons. The van der Waals surface area contributed by atoms with E-state index in [0.717, 1.165) is 12.4 Å². The molecule has 0 bridgehead atoms. The Morgan fingerprint density at radius 1 is 1.00 bits per heavy atom. The standard InChI is InChI=1S/C20H15F5N4O2S/c1-2-32(30,31)17-8-12-5-3-4-6-14(12)28-18(17)15-7-13-9-27-29(16(13)10-26-15)11-19(21,22)20(23,24)25/h3-10H,2,11H2,1H3. The number of halogens is 5. The first-order valence-electron chi connectivity index (χ1n) is 9.32. The van der Waals surface area contributed by atoms with Crippen molar-refractivity contribution in [3.63, 3.8) is 0 Å². The van der Waals surface area contributed by atoms with Crippen molar-refractivity contribution >= 4 is 31.6 Å². The van der Waals surface area contributed by atoms with Crippen LogP contribution in [-0.2, 0) is 16.4 Å². The van der Waals surface area contributed by atoms with Crippen molar-refractivity contribution in [1.29, 1.82) is 0 Å². The van der Waals surface area contributed by atoms with Crippen LogP contribution in [0.5, 0.6) is 0 Å². The fourth-order valence-electron chi connectivity index (χ4n) is 3.18. The quantitative estimate of drug-likeness (QED) is 0.397. The van der Waals surface area contributed by atoms with Crippen LogP contribution < -0.4 is 0 Å². The number of fused-ring (bicyclic) bond motifs is 2. The molecule has 0 spiro atoms. The molecule has 168 valence electrons. The first kappa shape index (κ1) is 22.1. The first-order valence-corrected chi connectivity index (χ1v) is 11.0. The SMILES string of the molecule is CCS(=O)(=O)c1cc2ccccc2nc1-c1cc2cnn(CC(F)(F)C(F)(F)F)c2cn1. The van der Waals surface area contributed by atoms with Gasteiger partial charge in [0.2, 0.25) is 0 Å². The topological polar surface area (TPSA) is 77.7 Å². The van der Waals surface area contributed by atoms with Crippen molar-refractivity contribution in [3.8, 4) is 11.4 Å². The van der Waals surface area contributed by atoms with E-state index >= 15 is 0 Å². The molecule has 0 aliphatic rings. The summed E-state index contributed by atoms with van der Waals surface area (Å²) in [5, 5.41) is 4.44. The summed E-state index contributed by atoms with van der Waals surface area (Å²) < 4.78 is 90.5. The van der Waals surface area contributed by atoms with Crippen LogP contribution in [0.4, 0.5) is 22.0 Å². The number of benzene rings is 1. The minimum Gasteiger partial charge on any atom is -0.257 e. The minimum absolute atomic E-state index is 0.0541. The number of rotatable bonds is 5. The van der Waals surface area contributed by atoms with Crippen molar-refractivity contribution in [2.45, 2.75) is 30.5 Å². The van der Waals surface area contributed by atoms with Gasteiger partial charge in [0.15, 0.2) is 9.84 Å². The number of para-hydroxylation sites is 1. The van der Waals surface area contributed by atoms with E-state index < -0.39 is 28.5 Å². The fraction of sp³-hybridized carbons (Fsp3) is 0.250. The van der Waals surface area contributed by atoms with Gasteiger partial charge in [-0.1, -0.05) is 25.1 Å². The monoisotopic (exact) mass is 470 g/mol. The average Bonchev–Trinajstić information content (AvgIpc) is 3.13. The number of sulfone groups is 1. The summed E-state index contributed by atoms with van der Waals surface area (Å²) in [6, 6.07) is 9.71. The van der Waals surface area contributed by atoms with Gasteiger partial charge >= 0.3 is 12.1 Å². The highest BCUT2D eigenvalue weighted by Gasteiger charge is 2.57. The lowest BCUT2D eigenvalue weighted by Gasteiger charge is -2.19. The molecule has 32 heavy (non-hydrogen) atoms. The van der Waals surface area contributed by atoms with Gasteiger partial charge in [0.25, 0.3) is 0 Å². The summed E-state index contributed by atoms with van der Waals surface area (Å²) >= 11 is 0. The third-order valence-corrected chi connectivity index (χ3v) is 6.68. The Hall–Kier alpha value is -3.15. The number of aromatic nitrogens is 4. The van der Waals surface area contributed by atoms with Gasteiger partial charge in [0, 0.05) is 10.8 Å². The van der Waals surface area contributed by atoms with E-state index in [4.69, 9.17) is 0 Å². The minimum atomic E-state index is -5.73. The van der Waals surface area contributed by atoms with Crippen molar-refractivity contribution in [2.75, 3.05) is 5.75 Å². The normalized spacial score (nSPS) is 13.2. The molecule has 0 N–H and O–H groups in total. The van der Waals surface area contributed by atoms with E-state index in [1.807, 2.05) is 0 Å². The van der Waals surface area contributed by atoms with Crippen LogP contribution in [-0.4, -0.2) is 46.0 Å². The maximum atomic E-state index is 13.5. The van der Waals surface area contributed by atoms with Crippen LogP contribution in [0.15, 0.2) is 53.7 Å². The van der Waals surface area contributed by atoms with E-state index in [2.05, 4.69) is 15.1 Å². The largest absolute Gasteiger partial charge is 0.455 e. The Balaban J connectivity index is 1.85. The average molecular weight is 470 g/mol. The van der Waals surface area contributed by atoms with Crippen molar-refractivity contribution in [1.82, 2.24) is 19.7 Å². The molecule has 0 aliphatic heterocycles. The Morgan fingerprint density at radius 2 is 1.72 bits per heavy atom. The van der Waals surface area contributed by atoms with Gasteiger partial charge in [-0.2, -0.15) is 27.1 Å². The number of nitrogens with zero attached hydrogens (tertiary/aromatic N) is 4. The summed E-state index contributed by atoms with van der Waals surface area (Å²) in [4.78, 5) is 8.48. The summed E-state index contributed by atoms with van der Waals surface area (Å²) in [5.74, 6) is -5.17. The second kappa shape index (κ2) is 7.47. The molecule has 0 atom stereocenters. The molecule has 1 aromatic carbocycles. The Morgan fingerprint density at radius 3 is 2.41 bits per heavy atom. The van der Waals surface area contributed by atoms with Crippen LogP contribution in [0, 0.1) is 0 Å². The smallest absolute Gasteiger partial charge is 0.257 e. The lowest BCUT2D eigenvalue weighted by atomic mass is 10.1. The number of hydrogen-bond donors (Lipinski definition) is 0. The predicted molar refractivity (Wildman–Crippen MR) is 107 cm³/mol. The maximum absolute atomic E-state index is 13.5. The molecule has 3 aromatic heterocycles. The summed E-state index contributed by atoms with van der Waals surface area (Å²) in [5.41, 5.74) is 0.636. The van der Waals surface area contributed by atoms with Crippen LogP contribution in [0.2, 0.25) is 0 Å². The maximum Gasteiger partial charge on any atom is 0.455 e. The summed E-state index contributed by atoms with van der Waals surface area (Å²) in [6.45, 7) is -0.222. The lowest BCUT2D eigenvalue weighted by Crippen LogP contribution is -2.40. The highest BCUT2D eigenvalue weighted by Crippen LogP contribution is 2.37. The van der Waals surface area contributed by atoms with Gasteiger partial charge in [-0.15, -0.1) is 0 Å². The number of pyridine rings is 2. The van der Waals surface area contributed by atoms with Crippen LogP contribution in [0.3, 0.4) is 0 Å². The molecule has 0 fully saturated rings. The molecule has 0 saturated carbocycles. The third-order valence-electron chi connectivity index (χ3n) is 4.94. The predicted octanol–water partition coefficient (Wildman–Crippen LogP) is 4.64. The molecular weight excluding hydrogens is 455 g/mol. The highest BCUT2D eigenvalue weighted by molar-refractivity contribution is 7.91. The third kappa shape index (κ3) is 3.78. The Labute approximate surface area is 178 Å². The fourth-order valence-corrected chi connectivity index (χ4v) is 4.25. The Bertz CT molecular complexity index is 1430. The zero-order valence-corrected chi connectivity index (χ0v) is 17.3. The van der Waals surface area contributed by atoms with Gasteiger partial charge in [0.1, 0.15) is 12.2 Å². The molecule has 6 nitrogen and oxygen atoms in total. The zero-order chi connectivity index (χ0) is 23.3. The van der Waals surface area contributed by atoms with Crippen LogP contribution in [0.1, 0.15) is 6.92 Å². The molecule has 12 heteroatoms. The highest BCUT2D eigenvalue weighted by atomic mass is 32.2. The zero-order valence-electron chi connectivity index (χ0n) is 16.4. The molecule has 0 aliphatic carbocycles. The van der Waals surface area contributed by atoms with E-state index in [0.29, 0.717) is 15.6 Å². The molecule has 3 heterocycles. The number of hydrogen-bond acceptors (Lipinski definition) is 5. The molecule has 0 amide bonds. The van der Waals surface area contributed by atoms with E-state index in [9.17, 15) is 30.4 Å². The van der Waals surface area contributed by atoms with Crippen LogP contribution in [0.25, 0.3) is 33.2 Å². The second-order valence-corrected chi connectivity index (χ2v) is 9.31. The van der Waals surface area contributed by atoms with Gasteiger partial charge in [-0.25, -0.2) is 13.4 Å². The second-order valence-electron chi connectivity index (χ2n) is 7.06. The van der Waals surface area contributed by atoms with Gasteiger partial charge in [-0.3, -0.25) is 9.67 Å². The van der Waals surface area contributed by atoms with Gasteiger partial charge < -0.3 is 0 Å². The van der Waals surface area contributed by atoms with Gasteiger partial charge in [-0.05, 0) is 18.2 Å². The van der Waals surface area contributed by atoms with Crippen molar-refractivity contribution in [2.24, 2.45) is 0 Å². The van der Waals surface area contributed by atoms with E-state index in [-0.39, 0.29) is 32.9 Å². The Kier molecular flexibility index (Phi) is 5.15. The summed E-state index contributed by atoms with van der Waals surface area (Å²) in [6.07, 6.45) is -3.54. The van der Waals surface area contributed by atoms with Crippen molar-refractivity contribution in [3.05, 3.63) is 48.8 Å². The van der Waals surface area contributed by atoms with E-state index in [1.165, 1.54) is 19.1 Å². The molecule has 0 unspecified atom stereocenters.